The molecule has 0 saturated carbocycles. The van der Waals surface area contributed by atoms with Gasteiger partial charge in [0.15, 0.2) is 0 Å². The minimum Gasteiger partial charge on any atom is -0.468 e. The fourth-order valence-corrected chi connectivity index (χ4v) is 5.73. The third kappa shape index (κ3) is 3.03. The van der Waals surface area contributed by atoms with Crippen molar-refractivity contribution >= 4 is 10.0 Å². The van der Waals surface area contributed by atoms with Crippen LogP contribution in [-0.2, 0) is 22.0 Å². The van der Waals surface area contributed by atoms with Crippen LogP contribution in [-0.4, -0.2) is 49.6 Å². The van der Waals surface area contributed by atoms with E-state index in [2.05, 4.69) is 29.2 Å². The number of likely N-dealkylation sites (tertiary alicyclic amines) is 1. The number of hydrogen-bond acceptors (Lipinski definition) is 4. The van der Waals surface area contributed by atoms with E-state index < -0.39 is 10.0 Å². The van der Waals surface area contributed by atoms with E-state index in [1.807, 2.05) is 18.2 Å². The van der Waals surface area contributed by atoms with Crippen LogP contribution in [0.5, 0.6) is 0 Å². The second-order valence-corrected chi connectivity index (χ2v) is 9.16. The molecule has 0 radical (unpaired) electrons. The Kier molecular flexibility index (Phi) is 4.22. The van der Waals surface area contributed by atoms with Gasteiger partial charge in [-0.3, -0.25) is 4.90 Å². The molecule has 1 aromatic heterocycles. The van der Waals surface area contributed by atoms with Gasteiger partial charge in [0.05, 0.1) is 19.1 Å². The predicted octanol–water partition coefficient (Wildman–Crippen LogP) is 2.46. The van der Waals surface area contributed by atoms with Gasteiger partial charge in [-0.25, -0.2) is 8.42 Å². The maximum Gasteiger partial charge on any atom is 0.211 e. The first kappa shape index (κ1) is 16.8. The third-order valence-electron chi connectivity index (χ3n) is 5.80. The van der Waals surface area contributed by atoms with Gasteiger partial charge in [-0.15, -0.1) is 0 Å². The lowest BCUT2D eigenvalue weighted by molar-refractivity contribution is 0.105. The van der Waals surface area contributed by atoms with Gasteiger partial charge in [0.1, 0.15) is 5.76 Å². The van der Waals surface area contributed by atoms with Crippen LogP contribution in [0.2, 0.25) is 0 Å². The van der Waals surface area contributed by atoms with Crippen LogP contribution < -0.4 is 0 Å². The summed E-state index contributed by atoms with van der Waals surface area (Å²) in [6.07, 6.45) is 4.88. The number of piperidine rings is 1. The highest BCUT2D eigenvalue weighted by atomic mass is 32.2. The van der Waals surface area contributed by atoms with E-state index in [0.29, 0.717) is 6.54 Å². The minimum absolute atomic E-state index is 0.0198. The second kappa shape index (κ2) is 6.27. The summed E-state index contributed by atoms with van der Waals surface area (Å²) < 4.78 is 31.9. The molecule has 2 aromatic rings. The van der Waals surface area contributed by atoms with Crippen LogP contribution in [0.1, 0.15) is 24.2 Å². The van der Waals surface area contributed by atoms with Crippen molar-refractivity contribution in [2.75, 3.05) is 25.9 Å². The maximum absolute atomic E-state index is 12.4. The summed E-state index contributed by atoms with van der Waals surface area (Å²) in [4.78, 5) is 2.31. The quantitative estimate of drug-likeness (QED) is 0.840. The van der Waals surface area contributed by atoms with E-state index >= 15 is 0 Å². The van der Waals surface area contributed by atoms with Crippen molar-refractivity contribution in [3.8, 4) is 0 Å². The van der Waals surface area contributed by atoms with Gasteiger partial charge in [-0.05, 0) is 37.1 Å². The van der Waals surface area contributed by atoms with Crippen LogP contribution in [0.25, 0.3) is 0 Å². The van der Waals surface area contributed by atoms with Crippen molar-refractivity contribution in [3.63, 3.8) is 0 Å². The molecule has 2 fully saturated rings. The van der Waals surface area contributed by atoms with Crippen LogP contribution in [0.3, 0.4) is 0 Å². The average molecular weight is 360 g/mol. The van der Waals surface area contributed by atoms with E-state index in [0.717, 1.165) is 38.2 Å². The Morgan fingerprint density at radius 2 is 1.88 bits per heavy atom. The number of rotatable bonds is 4. The third-order valence-corrected chi connectivity index (χ3v) is 7.09. The summed E-state index contributed by atoms with van der Waals surface area (Å²) in [6, 6.07) is 14.3. The van der Waals surface area contributed by atoms with Crippen molar-refractivity contribution in [2.45, 2.75) is 30.8 Å². The topological polar surface area (TPSA) is 53.8 Å². The van der Waals surface area contributed by atoms with Gasteiger partial charge >= 0.3 is 0 Å². The van der Waals surface area contributed by atoms with Crippen molar-refractivity contribution in [1.82, 2.24) is 9.21 Å². The fraction of sp³-hybridized carbons (Fsp3) is 0.474. The van der Waals surface area contributed by atoms with E-state index in [-0.39, 0.29) is 11.5 Å². The largest absolute Gasteiger partial charge is 0.468 e. The molecule has 2 atom stereocenters. The standard InChI is InChI=1S/C19H24N2O3S/c1-25(22,23)21-12-10-19(16-6-3-2-4-7-16)9-11-20(15-18(19)21)14-17-8-5-13-24-17/h2-8,13,18H,9-12,14-15H2,1H3/t18-,19+/m1/s1. The highest BCUT2D eigenvalue weighted by molar-refractivity contribution is 7.88. The van der Waals surface area contributed by atoms with Crippen LogP contribution in [0.15, 0.2) is 53.1 Å². The summed E-state index contributed by atoms with van der Waals surface area (Å²) in [6.45, 7) is 3.02. The molecule has 0 aliphatic carbocycles. The molecule has 1 aromatic carbocycles. The molecule has 25 heavy (non-hydrogen) atoms. The Labute approximate surface area is 149 Å². The number of fused-ring (bicyclic) bond motifs is 1. The fourth-order valence-electron chi connectivity index (χ4n) is 4.57. The molecule has 0 bridgehead atoms. The lowest BCUT2D eigenvalue weighted by Crippen LogP contribution is -2.56. The summed E-state index contributed by atoms with van der Waals surface area (Å²) in [7, 11) is -3.22. The first-order valence-electron chi connectivity index (χ1n) is 8.76. The van der Waals surface area contributed by atoms with Crippen LogP contribution in [0, 0.1) is 0 Å². The van der Waals surface area contributed by atoms with Crippen molar-refractivity contribution in [2.24, 2.45) is 0 Å². The first-order chi connectivity index (χ1) is 12.0. The molecule has 6 heteroatoms. The second-order valence-electron chi connectivity index (χ2n) is 7.23. The first-order valence-corrected chi connectivity index (χ1v) is 10.6. The Morgan fingerprint density at radius 3 is 2.56 bits per heavy atom. The molecule has 0 unspecified atom stereocenters. The lowest BCUT2D eigenvalue weighted by Gasteiger charge is -2.46. The van der Waals surface area contributed by atoms with Gasteiger partial charge in [-0.1, -0.05) is 30.3 Å². The Hall–Kier alpha value is -1.63. The number of furan rings is 1. The lowest BCUT2D eigenvalue weighted by atomic mass is 9.69. The van der Waals surface area contributed by atoms with Crippen molar-refractivity contribution in [1.29, 1.82) is 0 Å². The maximum atomic E-state index is 12.4. The molecular formula is C19H24N2O3S. The molecule has 134 valence electrons. The SMILES string of the molecule is CS(=O)(=O)N1CC[C@]2(c3ccccc3)CCN(Cc3ccco3)C[C@@H]12. The Bertz CT molecular complexity index is 820. The summed E-state index contributed by atoms with van der Waals surface area (Å²) >= 11 is 0. The van der Waals surface area contributed by atoms with Crippen LogP contribution >= 0.6 is 0 Å². The average Bonchev–Trinajstić information content (AvgIpc) is 3.23. The highest BCUT2D eigenvalue weighted by Gasteiger charge is 2.53. The number of hydrogen-bond donors (Lipinski definition) is 0. The van der Waals surface area contributed by atoms with Gasteiger partial charge in [0, 0.05) is 24.5 Å². The van der Waals surface area contributed by atoms with E-state index in [4.69, 9.17) is 4.42 Å². The molecule has 0 N–H and O–H groups in total. The smallest absolute Gasteiger partial charge is 0.211 e. The molecule has 5 nitrogen and oxygen atoms in total. The Morgan fingerprint density at radius 1 is 1.12 bits per heavy atom. The van der Waals surface area contributed by atoms with E-state index in [1.54, 1.807) is 10.6 Å². The van der Waals surface area contributed by atoms with Gasteiger partial charge in [-0.2, -0.15) is 4.31 Å². The predicted molar refractivity (Wildman–Crippen MR) is 96.7 cm³/mol. The number of sulfonamides is 1. The molecule has 2 aliphatic heterocycles. The molecule has 2 saturated heterocycles. The Balaban J connectivity index is 1.66. The molecular weight excluding hydrogens is 336 g/mol. The zero-order valence-corrected chi connectivity index (χ0v) is 15.3. The van der Waals surface area contributed by atoms with Gasteiger partial charge < -0.3 is 4.42 Å². The zero-order valence-electron chi connectivity index (χ0n) is 14.5. The van der Waals surface area contributed by atoms with Crippen molar-refractivity contribution < 1.29 is 12.8 Å². The molecule has 4 rings (SSSR count). The normalized spacial score (nSPS) is 28.1. The molecule has 3 heterocycles. The zero-order chi connectivity index (χ0) is 17.5. The van der Waals surface area contributed by atoms with Crippen molar-refractivity contribution in [3.05, 3.63) is 60.1 Å². The van der Waals surface area contributed by atoms with E-state index in [1.165, 1.54) is 11.8 Å². The molecule has 0 amide bonds. The van der Waals surface area contributed by atoms with Crippen LogP contribution in [0.4, 0.5) is 0 Å². The van der Waals surface area contributed by atoms with Gasteiger partial charge in [0.2, 0.25) is 10.0 Å². The summed E-state index contributed by atoms with van der Waals surface area (Å²) in [5.74, 6) is 0.927. The minimum atomic E-state index is -3.22. The summed E-state index contributed by atoms with van der Waals surface area (Å²) in [5, 5.41) is 0. The summed E-state index contributed by atoms with van der Waals surface area (Å²) in [5.41, 5.74) is 1.19. The van der Waals surface area contributed by atoms with Gasteiger partial charge in [0.25, 0.3) is 0 Å². The molecule has 0 spiro atoms. The number of nitrogens with zero attached hydrogens (tertiary/aromatic N) is 2. The monoisotopic (exact) mass is 360 g/mol. The number of benzene rings is 1. The highest BCUT2D eigenvalue weighted by Crippen LogP contribution is 2.46. The van der Waals surface area contributed by atoms with E-state index in [9.17, 15) is 8.42 Å². The molecule has 2 aliphatic rings.